The van der Waals surface area contributed by atoms with E-state index in [0.717, 1.165) is 64.4 Å². The average molecular weight is 472 g/mol. The second kappa shape index (κ2) is 11.8. The molecule has 1 aromatic rings. The SMILES string of the molecule is CCNC(=NCc1ccccc1CN1CCOCC1)NCCC1CC1.I. The Kier molecular flexibility index (Phi) is 9.71. The molecule has 1 aromatic carbocycles. The fraction of sp³-hybridized carbons (Fsp3) is 0.650. The first kappa shape index (κ1) is 21.4. The summed E-state index contributed by atoms with van der Waals surface area (Å²) in [7, 11) is 0. The van der Waals surface area contributed by atoms with Gasteiger partial charge in [0.05, 0.1) is 19.8 Å². The number of nitrogens with one attached hydrogen (secondary N) is 2. The minimum Gasteiger partial charge on any atom is -0.379 e. The van der Waals surface area contributed by atoms with Crippen molar-refractivity contribution in [3.05, 3.63) is 35.4 Å². The monoisotopic (exact) mass is 472 g/mol. The lowest BCUT2D eigenvalue weighted by Gasteiger charge is -2.27. The molecule has 26 heavy (non-hydrogen) atoms. The predicted octanol–water partition coefficient (Wildman–Crippen LogP) is 2.99. The van der Waals surface area contributed by atoms with Gasteiger partial charge in [-0.25, -0.2) is 4.99 Å². The first-order valence-corrected chi connectivity index (χ1v) is 9.74. The Morgan fingerprint density at radius 1 is 1.15 bits per heavy atom. The van der Waals surface area contributed by atoms with E-state index in [1.807, 2.05) is 0 Å². The number of aliphatic imine (C=N–C) groups is 1. The van der Waals surface area contributed by atoms with E-state index in [1.54, 1.807) is 0 Å². The third kappa shape index (κ3) is 7.40. The predicted molar refractivity (Wildman–Crippen MR) is 118 cm³/mol. The van der Waals surface area contributed by atoms with Gasteiger partial charge in [-0.15, -0.1) is 24.0 Å². The number of ether oxygens (including phenoxy) is 1. The van der Waals surface area contributed by atoms with Crippen molar-refractivity contribution in [3.8, 4) is 0 Å². The van der Waals surface area contributed by atoms with Gasteiger partial charge in [0.25, 0.3) is 0 Å². The molecule has 1 saturated heterocycles. The molecule has 2 N–H and O–H groups in total. The smallest absolute Gasteiger partial charge is 0.191 e. The largest absolute Gasteiger partial charge is 0.379 e. The van der Waals surface area contributed by atoms with Crippen molar-refractivity contribution in [2.45, 2.75) is 39.3 Å². The van der Waals surface area contributed by atoms with E-state index in [2.05, 4.69) is 46.7 Å². The second-order valence-electron chi connectivity index (χ2n) is 7.01. The van der Waals surface area contributed by atoms with Gasteiger partial charge in [0.1, 0.15) is 0 Å². The van der Waals surface area contributed by atoms with Crippen molar-refractivity contribution in [1.82, 2.24) is 15.5 Å². The lowest BCUT2D eigenvalue weighted by atomic mass is 10.1. The number of nitrogens with zero attached hydrogens (tertiary/aromatic N) is 2. The minimum atomic E-state index is 0. The van der Waals surface area contributed by atoms with Crippen molar-refractivity contribution >= 4 is 29.9 Å². The fourth-order valence-electron chi connectivity index (χ4n) is 3.17. The van der Waals surface area contributed by atoms with Crippen LogP contribution >= 0.6 is 24.0 Å². The Morgan fingerprint density at radius 3 is 2.58 bits per heavy atom. The van der Waals surface area contributed by atoms with Crippen LogP contribution in [0.3, 0.4) is 0 Å². The van der Waals surface area contributed by atoms with Crippen LogP contribution in [0, 0.1) is 5.92 Å². The topological polar surface area (TPSA) is 48.9 Å². The summed E-state index contributed by atoms with van der Waals surface area (Å²) in [4.78, 5) is 7.27. The molecule has 3 rings (SSSR count). The third-order valence-corrected chi connectivity index (χ3v) is 4.91. The van der Waals surface area contributed by atoms with Crippen LogP contribution in [0.4, 0.5) is 0 Å². The molecular formula is C20H33IN4O. The number of benzene rings is 1. The van der Waals surface area contributed by atoms with E-state index in [4.69, 9.17) is 9.73 Å². The van der Waals surface area contributed by atoms with Gasteiger partial charge in [-0.2, -0.15) is 0 Å². The normalized spacial score (nSPS) is 18.3. The third-order valence-electron chi connectivity index (χ3n) is 4.91. The molecule has 0 bridgehead atoms. The highest BCUT2D eigenvalue weighted by Gasteiger charge is 2.20. The standard InChI is InChI=1S/C20H32N4O.HI/c1-2-21-20(22-10-9-17-7-8-17)23-15-18-5-3-4-6-19(18)16-24-11-13-25-14-12-24;/h3-6,17H,2,7-16H2,1H3,(H2,21,22,23);1H. The zero-order valence-corrected chi connectivity index (χ0v) is 18.2. The highest BCUT2D eigenvalue weighted by Crippen LogP contribution is 2.31. The Morgan fingerprint density at radius 2 is 1.88 bits per heavy atom. The van der Waals surface area contributed by atoms with Crippen LogP contribution in [-0.4, -0.2) is 50.3 Å². The molecule has 0 amide bonds. The quantitative estimate of drug-likeness (QED) is 0.347. The molecule has 1 heterocycles. The van der Waals surface area contributed by atoms with Crippen LogP contribution in [0.1, 0.15) is 37.3 Å². The molecule has 1 saturated carbocycles. The summed E-state index contributed by atoms with van der Waals surface area (Å²) in [5.41, 5.74) is 2.69. The van der Waals surface area contributed by atoms with E-state index in [-0.39, 0.29) is 24.0 Å². The summed E-state index contributed by atoms with van der Waals surface area (Å²) in [6, 6.07) is 8.67. The van der Waals surface area contributed by atoms with E-state index in [1.165, 1.54) is 30.4 Å². The summed E-state index contributed by atoms with van der Waals surface area (Å²) in [5, 5.41) is 6.83. The first-order valence-electron chi connectivity index (χ1n) is 9.74. The van der Waals surface area contributed by atoms with Gasteiger partial charge in [-0.1, -0.05) is 37.1 Å². The van der Waals surface area contributed by atoms with E-state index < -0.39 is 0 Å². The number of guanidine groups is 1. The Hall–Kier alpha value is -0.860. The maximum absolute atomic E-state index is 5.45. The van der Waals surface area contributed by atoms with E-state index in [0.29, 0.717) is 0 Å². The van der Waals surface area contributed by atoms with Crippen LogP contribution in [-0.2, 0) is 17.8 Å². The summed E-state index contributed by atoms with van der Waals surface area (Å²) in [6.45, 7) is 9.46. The van der Waals surface area contributed by atoms with Crippen molar-refractivity contribution in [1.29, 1.82) is 0 Å². The second-order valence-corrected chi connectivity index (χ2v) is 7.01. The summed E-state index contributed by atoms with van der Waals surface area (Å²) >= 11 is 0. The van der Waals surface area contributed by atoms with Crippen LogP contribution in [0.5, 0.6) is 0 Å². The molecule has 2 aliphatic rings. The van der Waals surface area contributed by atoms with Gasteiger partial charge in [0.15, 0.2) is 5.96 Å². The maximum atomic E-state index is 5.45. The van der Waals surface area contributed by atoms with Gasteiger partial charge >= 0.3 is 0 Å². The molecule has 2 fully saturated rings. The average Bonchev–Trinajstić information content (AvgIpc) is 3.46. The van der Waals surface area contributed by atoms with Crippen molar-refractivity contribution in [3.63, 3.8) is 0 Å². The number of morpholine rings is 1. The summed E-state index contributed by atoms with van der Waals surface area (Å²) < 4.78 is 5.45. The Balaban J connectivity index is 0.00000243. The molecular weight excluding hydrogens is 439 g/mol. The molecule has 1 aliphatic carbocycles. The molecule has 0 aromatic heterocycles. The number of rotatable bonds is 8. The molecule has 1 aliphatic heterocycles. The zero-order valence-electron chi connectivity index (χ0n) is 15.9. The van der Waals surface area contributed by atoms with Crippen LogP contribution in [0.15, 0.2) is 29.3 Å². The Labute approximate surface area is 175 Å². The van der Waals surface area contributed by atoms with Gasteiger partial charge in [-0.05, 0) is 30.4 Å². The molecule has 146 valence electrons. The van der Waals surface area contributed by atoms with Crippen LogP contribution < -0.4 is 10.6 Å². The molecule has 5 nitrogen and oxygen atoms in total. The van der Waals surface area contributed by atoms with E-state index in [9.17, 15) is 0 Å². The molecule has 0 spiro atoms. The summed E-state index contributed by atoms with van der Waals surface area (Å²) in [5.74, 6) is 1.88. The number of hydrogen-bond donors (Lipinski definition) is 2. The number of hydrogen-bond acceptors (Lipinski definition) is 3. The van der Waals surface area contributed by atoms with Gasteiger partial charge in [0, 0.05) is 32.7 Å². The van der Waals surface area contributed by atoms with Crippen molar-refractivity contribution < 1.29 is 4.74 Å². The lowest BCUT2D eigenvalue weighted by Crippen LogP contribution is -2.38. The van der Waals surface area contributed by atoms with Gasteiger partial charge in [-0.3, -0.25) is 4.90 Å². The highest BCUT2D eigenvalue weighted by molar-refractivity contribution is 14.0. The lowest BCUT2D eigenvalue weighted by molar-refractivity contribution is 0.0341. The zero-order chi connectivity index (χ0) is 17.3. The minimum absolute atomic E-state index is 0. The van der Waals surface area contributed by atoms with Crippen molar-refractivity contribution in [2.75, 3.05) is 39.4 Å². The molecule has 0 unspecified atom stereocenters. The van der Waals surface area contributed by atoms with Crippen molar-refractivity contribution in [2.24, 2.45) is 10.9 Å². The molecule has 0 radical (unpaired) electrons. The van der Waals surface area contributed by atoms with Crippen LogP contribution in [0.2, 0.25) is 0 Å². The Bertz CT molecular complexity index is 556. The summed E-state index contributed by atoms with van der Waals surface area (Å²) in [6.07, 6.45) is 4.08. The first-order chi connectivity index (χ1) is 12.3. The van der Waals surface area contributed by atoms with Gasteiger partial charge < -0.3 is 15.4 Å². The van der Waals surface area contributed by atoms with Gasteiger partial charge in [0.2, 0.25) is 0 Å². The van der Waals surface area contributed by atoms with Crippen LogP contribution in [0.25, 0.3) is 0 Å². The molecule has 0 atom stereocenters. The highest BCUT2D eigenvalue weighted by atomic mass is 127. The fourth-order valence-corrected chi connectivity index (χ4v) is 3.17. The van der Waals surface area contributed by atoms with E-state index >= 15 is 0 Å². The molecule has 6 heteroatoms. The number of halogens is 1. The maximum Gasteiger partial charge on any atom is 0.191 e.